The standard InChI is InChI=1S/C11H14ClN3O2/c1-11(2,9(13)16)15-10(17)14-8-5-3-4-7(12)6-8/h3-6H,1-2H3,(H2,13,16)(H2,14,15,17). The molecule has 1 rings (SSSR count). The minimum absolute atomic E-state index is 0.511. The van der Waals surface area contributed by atoms with Crippen LogP contribution in [0.3, 0.4) is 0 Å². The molecule has 0 saturated carbocycles. The summed E-state index contributed by atoms with van der Waals surface area (Å²) in [7, 11) is 0. The number of primary amides is 1. The van der Waals surface area contributed by atoms with Crippen molar-refractivity contribution >= 4 is 29.2 Å². The van der Waals surface area contributed by atoms with Crippen molar-refractivity contribution in [1.29, 1.82) is 0 Å². The predicted molar refractivity (Wildman–Crippen MR) is 66.9 cm³/mol. The number of amides is 3. The molecule has 1 aromatic carbocycles. The number of urea groups is 1. The smallest absolute Gasteiger partial charge is 0.320 e. The van der Waals surface area contributed by atoms with E-state index in [1.807, 2.05) is 0 Å². The molecule has 0 aliphatic carbocycles. The summed E-state index contributed by atoms with van der Waals surface area (Å²) in [5, 5.41) is 5.52. The van der Waals surface area contributed by atoms with E-state index < -0.39 is 17.5 Å². The molecule has 0 atom stereocenters. The van der Waals surface area contributed by atoms with Crippen LogP contribution < -0.4 is 16.4 Å². The first-order chi connectivity index (χ1) is 7.81. The first-order valence-corrected chi connectivity index (χ1v) is 5.34. The number of carbonyl (C=O) groups excluding carboxylic acids is 2. The monoisotopic (exact) mass is 255 g/mol. The number of rotatable bonds is 3. The third-order valence-corrected chi connectivity index (χ3v) is 2.36. The van der Waals surface area contributed by atoms with Crippen LogP contribution in [-0.4, -0.2) is 17.5 Å². The van der Waals surface area contributed by atoms with Gasteiger partial charge in [0.15, 0.2) is 0 Å². The summed E-state index contributed by atoms with van der Waals surface area (Å²) in [5.74, 6) is -0.612. The summed E-state index contributed by atoms with van der Waals surface area (Å²) in [5.41, 5.74) is 4.56. The van der Waals surface area contributed by atoms with E-state index in [1.54, 1.807) is 24.3 Å². The number of hydrogen-bond acceptors (Lipinski definition) is 2. The molecule has 0 aromatic heterocycles. The SMILES string of the molecule is CC(C)(NC(=O)Nc1cccc(Cl)c1)C(N)=O. The minimum Gasteiger partial charge on any atom is -0.368 e. The van der Waals surface area contributed by atoms with Gasteiger partial charge in [-0.15, -0.1) is 0 Å². The molecule has 17 heavy (non-hydrogen) atoms. The van der Waals surface area contributed by atoms with Gasteiger partial charge in [0.05, 0.1) is 0 Å². The van der Waals surface area contributed by atoms with Gasteiger partial charge >= 0.3 is 6.03 Å². The second kappa shape index (κ2) is 5.05. The molecule has 0 aliphatic heterocycles. The highest BCUT2D eigenvalue weighted by Crippen LogP contribution is 2.14. The second-order valence-corrected chi connectivity index (χ2v) is 4.52. The molecule has 4 N–H and O–H groups in total. The van der Waals surface area contributed by atoms with Gasteiger partial charge in [-0.25, -0.2) is 4.79 Å². The van der Waals surface area contributed by atoms with Crippen LogP contribution in [0.5, 0.6) is 0 Å². The fourth-order valence-electron chi connectivity index (χ4n) is 1.07. The van der Waals surface area contributed by atoms with Gasteiger partial charge in [0.1, 0.15) is 5.54 Å². The lowest BCUT2D eigenvalue weighted by molar-refractivity contribution is -0.122. The lowest BCUT2D eigenvalue weighted by Crippen LogP contribution is -2.54. The lowest BCUT2D eigenvalue weighted by atomic mass is 10.1. The van der Waals surface area contributed by atoms with Crippen molar-refractivity contribution in [2.24, 2.45) is 5.73 Å². The highest BCUT2D eigenvalue weighted by atomic mass is 35.5. The summed E-state index contributed by atoms with van der Waals surface area (Å²) < 4.78 is 0. The van der Waals surface area contributed by atoms with Crippen molar-refractivity contribution < 1.29 is 9.59 Å². The van der Waals surface area contributed by atoms with Crippen LogP contribution in [0.2, 0.25) is 5.02 Å². The summed E-state index contributed by atoms with van der Waals surface area (Å²) >= 11 is 5.77. The van der Waals surface area contributed by atoms with Crippen molar-refractivity contribution in [3.05, 3.63) is 29.3 Å². The Kier molecular flexibility index (Phi) is 3.96. The van der Waals surface area contributed by atoms with Crippen LogP contribution in [-0.2, 0) is 4.79 Å². The molecular formula is C11H14ClN3O2. The van der Waals surface area contributed by atoms with Gasteiger partial charge in [0, 0.05) is 10.7 Å². The normalized spacial score (nSPS) is 10.8. The maximum atomic E-state index is 11.6. The van der Waals surface area contributed by atoms with Crippen molar-refractivity contribution in [2.75, 3.05) is 5.32 Å². The van der Waals surface area contributed by atoms with Crippen molar-refractivity contribution in [3.63, 3.8) is 0 Å². The van der Waals surface area contributed by atoms with Crippen LogP contribution >= 0.6 is 11.6 Å². The number of benzene rings is 1. The molecule has 0 spiro atoms. The van der Waals surface area contributed by atoms with Crippen molar-refractivity contribution in [3.8, 4) is 0 Å². The predicted octanol–water partition coefficient (Wildman–Crippen LogP) is 1.73. The molecule has 0 heterocycles. The van der Waals surface area contributed by atoms with E-state index in [9.17, 15) is 9.59 Å². The first kappa shape index (κ1) is 13.3. The molecule has 92 valence electrons. The maximum absolute atomic E-state index is 11.6. The third kappa shape index (κ3) is 3.96. The van der Waals surface area contributed by atoms with Crippen LogP contribution in [0, 0.1) is 0 Å². The van der Waals surface area contributed by atoms with Crippen molar-refractivity contribution in [1.82, 2.24) is 5.32 Å². The number of hydrogen-bond donors (Lipinski definition) is 3. The van der Waals surface area contributed by atoms with Gasteiger partial charge in [-0.05, 0) is 32.0 Å². The van der Waals surface area contributed by atoms with E-state index in [4.69, 9.17) is 17.3 Å². The first-order valence-electron chi connectivity index (χ1n) is 4.96. The van der Waals surface area contributed by atoms with Gasteiger partial charge in [-0.1, -0.05) is 17.7 Å². The molecule has 1 aromatic rings. The summed E-state index contributed by atoms with van der Waals surface area (Å²) in [4.78, 5) is 22.6. The summed E-state index contributed by atoms with van der Waals surface area (Å²) in [6.45, 7) is 3.04. The Bertz CT molecular complexity index is 446. The Balaban J connectivity index is 2.65. The number of carbonyl (C=O) groups is 2. The van der Waals surface area contributed by atoms with Gasteiger partial charge in [-0.2, -0.15) is 0 Å². The number of halogens is 1. The van der Waals surface area contributed by atoms with Crippen LogP contribution in [0.4, 0.5) is 10.5 Å². The Morgan fingerprint density at radius 2 is 2.00 bits per heavy atom. The van der Waals surface area contributed by atoms with Crippen LogP contribution in [0.25, 0.3) is 0 Å². The molecule has 6 heteroatoms. The summed E-state index contributed by atoms with van der Waals surface area (Å²) in [6, 6.07) is 6.16. The quantitative estimate of drug-likeness (QED) is 0.768. The second-order valence-electron chi connectivity index (χ2n) is 4.08. The third-order valence-electron chi connectivity index (χ3n) is 2.12. The zero-order chi connectivity index (χ0) is 13.1. The van der Waals surface area contributed by atoms with Gasteiger partial charge in [0.2, 0.25) is 5.91 Å². The van der Waals surface area contributed by atoms with Crippen LogP contribution in [0.15, 0.2) is 24.3 Å². The zero-order valence-electron chi connectivity index (χ0n) is 9.58. The number of nitrogens with one attached hydrogen (secondary N) is 2. The molecule has 0 aliphatic rings. The van der Waals surface area contributed by atoms with E-state index in [0.29, 0.717) is 10.7 Å². The summed E-state index contributed by atoms with van der Waals surface area (Å²) in [6.07, 6.45) is 0. The Hall–Kier alpha value is -1.75. The number of nitrogens with two attached hydrogens (primary N) is 1. The van der Waals surface area contributed by atoms with Gasteiger partial charge < -0.3 is 16.4 Å². The van der Waals surface area contributed by atoms with E-state index in [1.165, 1.54) is 13.8 Å². The van der Waals surface area contributed by atoms with Crippen LogP contribution in [0.1, 0.15) is 13.8 Å². The largest absolute Gasteiger partial charge is 0.368 e. The topological polar surface area (TPSA) is 84.2 Å². The fourth-order valence-corrected chi connectivity index (χ4v) is 1.26. The highest BCUT2D eigenvalue weighted by Gasteiger charge is 2.26. The van der Waals surface area contributed by atoms with Gasteiger partial charge in [-0.3, -0.25) is 4.79 Å². The Labute approximate surface area is 104 Å². The molecule has 5 nitrogen and oxygen atoms in total. The average molecular weight is 256 g/mol. The average Bonchev–Trinajstić information content (AvgIpc) is 2.15. The molecule has 0 unspecified atom stereocenters. The van der Waals surface area contributed by atoms with Gasteiger partial charge in [0.25, 0.3) is 0 Å². The van der Waals surface area contributed by atoms with E-state index >= 15 is 0 Å². The van der Waals surface area contributed by atoms with E-state index in [-0.39, 0.29) is 0 Å². The van der Waals surface area contributed by atoms with Crippen molar-refractivity contribution in [2.45, 2.75) is 19.4 Å². The molecule has 0 radical (unpaired) electrons. The molecule has 0 saturated heterocycles. The van der Waals surface area contributed by atoms with E-state index in [0.717, 1.165) is 0 Å². The molecule has 3 amide bonds. The zero-order valence-corrected chi connectivity index (χ0v) is 10.3. The molecule has 0 fully saturated rings. The highest BCUT2D eigenvalue weighted by molar-refractivity contribution is 6.30. The molecule has 0 bridgehead atoms. The fraction of sp³-hybridized carbons (Fsp3) is 0.273. The Morgan fingerprint density at radius 3 is 2.53 bits per heavy atom. The minimum atomic E-state index is -1.11. The maximum Gasteiger partial charge on any atom is 0.320 e. The van der Waals surface area contributed by atoms with E-state index in [2.05, 4.69) is 10.6 Å². The number of anilines is 1. The lowest BCUT2D eigenvalue weighted by Gasteiger charge is -2.22. The Morgan fingerprint density at radius 1 is 1.35 bits per heavy atom. The molecular weight excluding hydrogens is 242 g/mol.